The molecule has 2 saturated heterocycles. The largest absolute Gasteiger partial charge is 0.381 e. The number of nitrogens with zero attached hydrogens (tertiary/aromatic N) is 1. The molecule has 2 aliphatic rings. The molecule has 2 fully saturated rings. The molecule has 17 heavy (non-hydrogen) atoms. The molecule has 0 radical (unpaired) electrons. The first kappa shape index (κ1) is 12.7. The average molecular weight is 240 g/mol. The molecule has 4 heteroatoms. The van der Waals surface area contributed by atoms with Crippen molar-refractivity contribution in [2.45, 2.75) is 38.5 Å². The van der Waals surface area contributed by atoms with Gasteiger partial charge in [0, 0.05) is 26.2 Å². The summed E-state index contributed by atoms with van der Waals surface area (Å²) in [4.78, 5) is 13.9. The van der Waals surface area contributed by atoms with Gasteiger partial charge in [-0.15, -0.1) is 0 Å². The standard InChI is InChI=1S/C13H24N2O2/c16-13(15-7-3-1-2-4-8-15)14-10-12-6-5-9-17-11-12/h12H,1-11H2,(H,14,16). The fraction of sp³-hybridized carbons (Fsp3) is 0.923. The molecule has 0 aromatic heterocycles. The minimum atomic E-state index is 0.123. The van der Waals surface area contributed by atoms with Crippen molar-refractivity contribution in [3.8, 4) is 0 Å². The van der Waals surface area contributed by atoms with Crippen LogP contribution in [0.25, 0.3) is 0 Å². The zero-order valence-electron chi connectivity index (χ0n) is 10.6. The Balaban J connectivity index is 1.68. The summed E-state index contributed by atoms with van der Waals surface area (Å²) in [6, 6.07) is 0.123. The van der Waals surface area contributed by atoms with Gasteiger partial charge in [-0.3, -0.25) is 0 Å². The van der Waals surface area contributed by atoms with Gasteiger partial charge in [-0.2, -0.15) is 0 Å². The number of hydrogen-bond acceptors (Lipinski definition) is 2. The molecule has 1 N–H and O–H groups in total. The van der Waals surface area contributed by atoms with Gasteiger partial charge in [-0.05, 0) is 31.6 Å². The molecule has 0 spiro atoms. The van der Waals surface area contributed by atoms with Gasteiger partial charge in [0.1, 0.15) is 0 Å². The molecule has 2 aliphatic heterocycles. The zero-order chi connectivity index (χ0) is 11.9. The first-order valence-corrected chi connectivity index (χ1v) is 6.97. The summed E-state index contributed by atoms with van der Waals surface area (Å²) in [6.45, 7) is 4.31. The Morgan fingerprint density at radius 1 is 1.18 bits per heavy atom. The highest BCUT2D eigenvalue weighted by atomic mass is 16.5. The van der Waals surface area contributed by atoms with Crippen LogP contribution in [-0.4, -0.2) is 43.8 Å². The lowest BCUT2D eigenvalue weighted by Crippen LogP contribution is -2.43. The van der Waals surface area contributed by atoms with Crippen LogP contribution in [0.2, 0.25) is 0 Å². The van der Waals surface area contributed by atoms with E-state index in [0.717, 1.165) is 52.1 Å². The first-order valence-electron chi connectivity index (χ1n) is 6.97. The maximum atomic E-state index is 12.0. The van der Waals surface area contributed by atoms with E-state index in [4.69, 9.17) is 4.74 Å². The second-order valence-corrected chi connectivity index (χ2v) is 5.17. The van der Waals surface area contributed by atoms with E-state index in [-0.39, 0.29) is 6.03 Å². The number of likely N-dealkylation sites (tertiary alicyclic amines) is 1. The Bertz CT molecular complexity index is 232. The third-order valence-electron chi connectivity index (χ3n) is 3.69. The Kier molecular flexibility index (Phi) is 5.10. The van der Waals surface area contributed by atoms with Crippen LogP contribution < -0.4 is 5.32 Å². The molecule has 2 heterocycles. The number of rotatable bonds is 2. The summed E-state index contributed by atoms with van der Waals surface area (Å²) >= 11 is 0. The van der Waals surface area contributed by atoms with Crippen molar-refractivity contribution in [2.75, 3.05) is 32.8 Å². The highest BCUT2D eigenvalue weighted by Crippen LogP contribution is 2.13. The van der Waals surface area contributed by atoms with E-state index in [0.29, 0.717) is 5.92 Å². The van der Waals surface area contributed by atoms with E-state index in [1.807, 2.05) is 4.90 Å². The number of nitrogens with one attached hydrogen (secondary N) is 1. The van der Waals surface area contributed by atoms with Crippen molar-refractivity contribution < 1.29 is 9.53 Å². The lowest BCUT2D eigenvalue weighted by molar-refractivity contribution is 0.0552. The summed E-state index contributed by atoms with van der Waals surface area (Å²) in [5.41, 5.74) is 0. The molecule has 0 bridgehead atoms. The topological polar surface area (TPSA) is 41.6 Å². The smallest absolute Gasteiger partial charge is 0.317 e. The molecule has 0 aromatic carbocycles. The van der Waals surface area contributed by atoms with E-state index in [1.165, 1.54) is 19.3 Å². The van der Waals surface area contributed by atoms with Gasteiger partial charge >= 0.3 is 6.03 Å². The van der Waals surface area contributed by atoms with Crippen LogP contribution >= 0.6 is 0 Å². The molecule has 1 atom stereocenters. The Morgan fingerprint density at radius 3 is 2.59 bits per heavy atom. The average Bonchev–Trinajstić information content (AvgIpc) is 2.66. The maximum Gasteiger partial charge on any atom is 0.317 e. The number of amides is 2. The maximum absolute atomic E-state index is 12.0. The van der Waals surface area contributed by atoms with Crippen LogP contribution in [0.1, 0.15) is 38.5 Å². The Labute approximate surface area is 104 Å². The molecule has 2 rings (SSSR count). The van der Waals surface area contributed by atoms with E-state index >= 15 is 0 Å². The summed E-state index contributed by atoms with van der Waals surface area (Å²) in [7, 11) is 0. The highest BCUT2D eigenvalue weighted by molar-refractivity contribution is 5.74. The number of ether oxygens (including phenoxy) is 1. The van der Waals surface area contributed by atoms with E-state index in [2.05, 4.69) is 5.32 Å². The zero-order valence-corrected chi connectivity index (χ0v) is 10.6. The molecule has 98 valence electrons. The molecule has 0 saturated carbocycles. The highest BCUT2D eigenvalue weighted by Gasteiger charge is 2.18. The van der Waals surface area contributed by atoms with Crippen LogP contribution in [-0.2, 0) is 4.74 Å². The van der Waals surface area contributed by atoms with Gasteiger partial charge in [-0.25, -0.2) is 4.79 Å². The molecular weight excluding hydrogens is 216 g/mol. The second-order valence-electron chi connectivity index (χ2n) is 5.17. The monoisotopic (exact) mass is 240 g/mol. The Morgan fingerprint density at radius 2 is 1.94 bits per heavy atom. The summed E-state index contributed by atoms with van der Waals surface area (Å²) in [5, 5.41) is 3.06. The third-order valence-corrected chi connectivity index (χ3v) is 3.69. The minimum absolute atomic E-state index is 0.123. The van der Waals surface area contributed by atoms with Gasteiger partial charge in [0.2, 0.25) is 0 Å². The van der Waals surface area contributed by atoms with Crippen molar-refractivity contribution in [3.63, 3.8) is 0 Å². The van der Waals surface area contributed by atoms with Gasteiger partial charge in [0.25, 0.3) is 0 Å². The van der Waals surface area contributed by atoms with Gasteiger partial charge in [-0.1, -0.05) is 12.8 Å². The molecule has 4 nitrogen and oxygen atoms in total. The number of carbonyl (C=O) groups is 1. The quantitative estimate of drug-likeness (QED) is 0.802. The third kappa shape index (κ3) is 4.19. The Hall–Kier alpha value is -0.770. The van der Waals surface area contributed by atoms with Gasteiger partial charge in [0.05, 0.1) is 6.61 Å². The summed E-state index contributed by atoms with van der Waals surface area (Å²) < 4.78 is 5.41. The van der Waals surface area contributed by atoms with Gasteiger partial charge in [0.15, 0.2) is 0 Å². The SMILES string of the molecule is O=C(NCC1CCCOC1)N1CCCCCC1. The van der Waals surface area contributed by atoms with Crippen LogP contribution in [0, 0.1) is 5.92 Å². The van der Waals surface area contributed by atoms with Crippen LogP contribution in [0.15, 0.2) is 0 Å². The van der Waals surface area contributed by atoms with E-state index < -0.39 is 0 Å². The fourth-order valence-electron chi connectivity index (χ4n) is 2.59. The molecule has 1 unspecified atom stereocenters. The van der Waals surface area contributed by atoms with Crippen molar-refractivity contribution >= 4 is 6.03 Å². The van der Waals surface area contributed by atoms with Crippen LogP contribution in [0.4, 0.5) is 4.79 Å². The summed E-state index contributed by atoms with van der Waals surface area (Å²) in [5.74, 6) is 0.514. The first-order chi connectivity index (χ1) is 8.36. The predicted molar refractivity (Wildman–Crippen MR) is 67.0 cm³/mol. The second kappa shape index (κ2) is 6.84. The minimum Gasteiger partial charge on any atom is -0.381 e. The van der Waals surface area contributed by atoms with Crippen LogP contribution in [0.3, 0.4) is 0 Å². The normalized spacial score (nSPS) is 26.4. The number of urea groups is 1. The number of carbonyl (C=O) groups excluding carboxylic acids is 1. The van der Waals surface area contributed by atoms with Crippen LogP contribution in [0.5, 0.6) is 0 Å². The van der Waals surface area contributed by atoms with Crippen molar-refractivity contribution in [3.05, 3.63) is 0 Å². The fourth-order valence-corrected chi connectivity index (χ4v) is 2.59. The molecular formula is C13H24N2O2. The number of hydrogen-bond donors (Lipinski definition) is 1. The van der Waals surface area contributed by atoms with Crippen molar-refractivity contribution in [2.24, 2.45) is 5.92 Å². The predicted octanol–water partition coefficient (Wildman–Crippen LogP) is 2.00. The van der Waals surface area contributed by atoms with Crippen molar-refractivity contribution in [1.29, 1.82) is 0 Å². The van der Waals surface area contributed by atoms with E-state index in [9.17, 15) is 4.79 Å². The lowest BCUT2D eigenvalue weighted by atomic mass is 10.0. The van der Waals surface area contributed by atoms with Crippen molar-refractivity contribution in [1.82, 2.24) is 10.2 Å². The molecule has 2 amide bonds. The summed E-state index contributed by atoms with van der Waals surface area (Å²) in [6.07, 6.45) is 7.14. The molecule has 0 aliphatic carbocycles. The van der Waals surface area contributed by atoms with Gasteiger partial charge < -0.3 is 15.0 Å². The lowest BCUT2D eigenvalue weighted by Gasteiger charge is -2.25. The van der Waals surface area contributed by atoms with E-state index in [1.54, 1.807) is 0 Å². The molecule has 0 aromatic rings.